The number of nitrogens with zero attached hydrogens (tertiary/aromatic N) is 3. The maximum absolute atomic E-state index is 5.95. The topological polar surface area (TPSA) is 66.0 Å². The summed E-state index contributed by atoms with van der Waals surface area (Å²) < 4.78 is 7.53. The van der Waals surface area contributed by atoms with Crippen molar-refractivity contribution in [2.24, 2.45) is 0 Å². The predicted octanol–water partition coefficient (Wildman–Crippen LogP) is 3.80. The highest BCUT2D eigenvalue weighted by Gasteiger charge is 2.10. The molecule has 112 valence electrons. The van der Waals surface area contributed by atoms with E-state index in [1.54, 1.807) is 10.9 Å². The van der Waals surface area contributed by atoms with E-state index in [2.05, 4.69) is 10.1 Å². The molecule has 0 aliphatic rings. The number of nitrogens with two attached hydrogens (primary N) is 1. The van der Waals surface area contributed by atoms with Gasteiger partial charge in [0.05, 0.1) is 11.1 Å². The maximum Gasteiger partial charge on any atom is 0.165 e. The van der Waals surface area contributed by atoms with Crippen LogP contribution in [0.1, 0.15) is 0 Å². The molecule has 0 bridgehead atoms. The summed E-state index contributed by atoms with van der Waals surface area (Å²) in [4.78, 5) is 4.36. The molecule has 2 aromatic heterocycles. The van der Waals surface area contributed by atoms with Gasteiger partial charge in [0.2, 0.25) is 0 Å². The minimum atomic E-state index is 0.470. The molecule has 5 nitrogen and oxygen atoms in total. The molecule has 23 heavy (non-hydrogen) atoms. The zero-order chi connectivity index (χ0) is 15.6. The first-order valence-corrected chi connectivity index (χ1v) is 7.24. The van der Waals surface area contributed by atoms with Crippen LogP contribution in [0.25, 0.3) is 16.7 Å². The van der Waals surface area contributed by atoms with Crippen molar-refractivity contribution in [3.05, 3.63) is 72.9 Å². The number of rotatable bonds is 3. The lowest BCUT2D eigenvalue weighted by Gasteiger charge is -2.07. The SMILES string of the molecule is Nc1nn(-c2ccc(Oc3ccccc3)cc2)c2ncccc12. The molecular weight excluding hydrogens is 288 g/mol. The van der Waals surface area contributed by atoms with Gasteiger partial charge in [-0.3, -0.25) is 0 Å². The molecule has 0 unspecified atom stereocenters. The molecule has 0 atom stereocenters. The smallest absolute Gasteiger partial charge is 0.165 e. The maximum atomic E-state index is 5.95. The first-order chi connectivity index (χ1) is 11.3. The molecule has 5 heteroatoms. The Kier molecular flexibility index (Phi) is 3.16. The molecule has 2 aromatic carbocycles. The molecule has 0 saturated carbocycles. The Morgan fingerprint density at radius 3 is 2.35 bits per heavy atom. The first-order valence-electron chi connectivity index (χ1n) is 7.24. The number of ether oxygens (including phenoxy) is 1. The van der Waals surface area contributed by atoms with Crippen LogP contribution < -0.4 is 10.5 Å². The second-order valence-electron chi connectivity index (χ2n) is 5.08. The van der Waals surface area contributed by atoms with Crippen LogP contribution in [0.4, 0.5) is 5.82 Å². The van der Waals surface area contributed by atoms with E-state index in [4.69, 9.17) is 10.5 Å². The van der Waals surface area contributed by atoms with Gasteiger partial charge in [-0.2, -0.15) is 0 Å². The molecule has 0 amide bonds. The largest absolute Gasteiger partial charge is 0.457 e. The van der Waals surface area contributed by atoms with Crippen LogP contribution in [-0.2, 0) is 0 Å². The molecule has 2 heterocycles. The van der Waals surface area contributed by atoms with Crippen LogP contribution in [0.3, 0.4) is 0 Å². The van der Waals surface area contributed by atoms with Gasteiger partial charge in [0.15, 0.2) is 11.5 Å². The summed E-state index contributed by atoms with van der Waals surface area (Å²) in [6.45, 7) is 0. The molecular formula is C18H14N4O. The van der Waals surface area contributed by atoms with Gasteiger partial charge in [0.1, 0.15) is 11.5 Å². The number of para-hydroxylation sites is 1. The summed E-state index contributed by atoms with van der Waals surface area (Å²) in [7, 11) is 0. The highest BCUT2D eigenvalue weighted by Crippen LogP contribution is 2.25. The van der Waals surface area contributed by atoms with Crippen molar-refractivity contribution in [1.82, 2.24) is 14.8 Å². The second kappa shape index (κ2) is 5.46. The van der Waals surface area contributed by atoms with Crippen LogP contribution in [0.15, 0.2) is 72.9 Å². The van der Waals surface area contributed by atoms with E-state index >= 15 is 0 Å². The molecule has 0 aliphatic heterocycles. The number of anilines is 1. The number of hydrogen-bond acceptors (Lipinski definition) is 4. The predicted molar refractivity (Wildman–Crippen MR) is 89.8 cm³/mol. The minimum Gasteiger partial charge on any atom is -0.457 e. The van der Waals surface area contributed by atoms with Crippen molar-refractivity contribution < 1.29 is 4.74 Å². The lowest BCUT2D eigenvalue weighted by Crippen LogP contribution is -1.98. The van der Waals surface area contributed by atoms with Crippen LogP contribution in [0.2, 0.25) is 0 Å². The van der Waals surface area contributed by atoms with E-state index < -0.39 is 0 Å². The summed E-state index contributed by atoms with van der Waals surface area (Å²) in [5.74, 6) is 2.03. The van der Waals surface area contributed by atoms with Crippen LogP contribution in [0, 0.1) is 0 Å². The van der Waals surface area contributed by atoms with Gasteiger partial charge >= 0.3 is 0 Å². The minimum absolute atomic E-state index is 0.470. The van der Waals surface area contributed by atoms with Crippen LogP contribution >= 0.6 is 0 Å². The van der Waals surface area contributed by atoms with Gasteiger partial charge in [-0.15, -0.1) is 5.10 Å². The van der Waals surface area contributed by atoms with Gasteiger partial charge < -0.3 is 10.5 Å². The summed E-state index contributed by atoms with van der Waals surface area (Å²) in [6.07, 6.45) is 1.73. The number of benzene rings is 2. The molecule has 0 radical (unpaired) electrons. The Bertz CT molecular complexity index is 946. The molecule has 2 N–H and O–H groups in total. The third-order valence-electron chi connectivity index (χ3n) is 3.53. The third kappa shape index (κ3) is 2.48. The number of aromatic nitrogens is 3. The third-order valence-corrected chi connectivity index (χ3v) is 3.53. The molecule has 0 aliphatic carbocycles. The second-order valence-corrected chi connectivity index (χ2v) is 5.08. The number of hydrogen-bond donors (Lipinski definition) is 1. The van der Waals surface area contributed by atoms with Gasteiger partial charge in [0, 0.05) is 6.20 Å². The Labute approximate surface area is 133 Å². The summed E-state index contributed by atoms with van der Waals surface area (Å²) in [6, 6.07) is 21.1. The highest BCUT2D eigenvalue weighted by atomic mass is 16.5. The van der Waals surface area contributed by atoms with E-state index in [1.807, 2.05) is 66.7 Å². The van der Waals surface area contributed by atoms with Gasteiger partial charge in [-0.25, -0.2) is 9.67 Å². The van der Waals surface area contributed by atoms with E-state index in [1.165, 1.54) is 0 Å². The molecule has 4 aromatic rings. The zero-order valence-electron chi connectivity index (χ0n) is 12.3. The fourth-order valence-electron chi connectivity index (χ4n) is 2.43. The summed E-state index contributed by atoms with van der Waals surface area (Å²) in [5, 5.41) is 5.21. The van der Waals surface area contributed by atoms with Crippen molar-refractivity contribution in [2.75, 3.05) is 5.73 Å². The first kappa shape index (κ1) is 13.3. The number of nitrogen functional groups attached to an aromatic ring is 1. The van der Waals surface area contributed by atoms with Crippen LogP contribution in [-0.4, -0.2) is 14.8 Å². The van der Waals surface area contributed by atoms with Crippen molar-refractivity contribution in [1.29, 1.82) is 0 Å². The Balaban J connectivity index is 1.67. The van der Waals surface area contributed by atoms with E-state index in [-0.39, 0.29) is 0 Å². The van der Waals surface area contributed by atoms with Crippen molar-refractivity contribution >= 4 is 16.9 Å². The van der Waals surface area contributed by atoms with Crippen molar-refractivity contribution in [3.63, 3.8) is 0 Å². The zero-order valence-corrected chi connectivity index (χ0v) is 12.3. The Morgan fingerprint density at radius 2 is 1.57 bits per heavy atom. The average Bonchev–Trinajstić information content (AvgIpc) is 2.94. The number of pyridine rings is 1. The van der Waals surface area contributed by atoms with Gasteiger partial charge in [-0.1, -0.05) is 18.2 Å². The molecule has 0 spiro atoms. The summed E-state index contributed by atoms with van der Waals surface area (Å²) >= 11 is 0. The lowest BCUT2D eigenvalue weighted by molar-refractivity contribution is 0.482. The standard InChI is InChI=1S/C18H14N4O/c19-17-16-7-4-12-20-18(16)22(21-17)13-8-10-15(11-9-13)23-14-5-2-1-3-6-14/h1-12H,(H2,19,21). The lowest BCUT2D eigenvalue weighted by atomic mass is 10.3. The van der Waals surface area contributed by atoms with E-state index in [0.29, 0.717) is 5.82 Å². The summed E-state index contributed by atoms with van der Waals surface area (Å²) in [5.41, 5.74) is 7.57. The highest BCUT2D eigenvalue weighted by molar-refractivity contribution is 5.87. The van der Waals surface area contributed by atoms with Crippen molar-refractivity contribution in [3.8, 4) is 17.2 Å². The van der Waals surface area contributed by atoms with E-state index in [9.17, 15) is 0 Å². The fraction of sp³-hybridized carbons (Fsp3) is 0. The fourth-order valence-corrected chi connectivity index (χ4v) is 2.43. The number of fused-ring (bicyclic) bond motifs is 1. The monoisotopic (exact) mass is 302 g/mol. The van der Waals surface area contributed by atoms with Gasteiger partial charge in [-0.05, 0) is 48.5 Å². The average molecular weight is 302 g/mol. The molecule has 0 fully saturated rings. The van der Waals surface area contributed by atoms with Crippen LogP contribution in [0.5, 0.6) is 11.5 Å². The van der Waals surface area contributed by atoms with E-state index in [0.717, 1.165) is 28.2 Å². The van der Waals surface area contributed by atoms with Gasteiger partial charge in [0.25, 0.3) is 0 Å². The normalized spacial score (nSPS) is 10.8. The molecule has 4 rings (SSSR count). The Morgan fingerprint density at radius 1 is 0.826 bits per heavy atom. The molecule has 0 saturated heterocycles. The van der Waals surface area contributed by atoms with Crippen molar-refractivity contribution in [2.45, 2.75) is 0 Å². The quantitative estimate of drug-likeness (QED) is 0.625. The Hall–Kier alpha value is -3.34.